The average molecular weight is 227 g/mol. The molecule has 1 heterocycles. The van der Waals surface area contributed by atoms with Gasteiger partial charge in [-0.05, 0) is 30.0 Å². The second kappa shape index (κ2) is 6.58. The quantitative estimate of drug-likeness (QED) is 0.704. The monoisotopic (exact) mass is 227 g/mol. The van der Waals surface area contributed by atoms with Crippen LogP contribution in [-0.2, 0) is 6.54 Å². The third-order valence-electron chi connectivity index (χ3n) is 2.21. The van der Waals surface area contributed by atoms with E-state index in [1.807, 2.05) is 11.4 Å². The molecule has 15 heavy (non-hydrogen) atoms. The third kappa shape index (κ3) is 4.01. The summed E-state index contributed by atoms with van der Waals surface area (Å²) >= 11 is 1.29. The van der Waals surface area contributed by atoms with Crippen LogP contribution in [0, 0.1) is 0 Å². The molecule has 0 amide bonds. The molecule has 0 saturated carbocycles. The number of thiophene rings is 1. The molecular weight excluding hydrogens is 210 g/mol. The predicted octanol–water partition coefficient (Wildman–Crippen LogP) is 2.73. The first-order valence-electron chi connectivity index (χ1n) is 5.26. The number of carboxylic acids is 1. The fourth-order valence-electron chi connectivity index (χ4n) is 1.39. The van der Waals surface area contributed by atoms with Crippen LogP contribution >= 0.6 is 11.3 Å². The van der Waals surface area contributed by atoms with Gasteiger partial charge in [0.05, 0.1) is 0 Å². The maximum absolute atomic E-state index is 10.8. The molecule has 0 radical (unpaired) electrons. The zero-order valence-electron chi connectivity index (χ0n) is 8.95. The number of carbonyl (C=O) groups is 1. The van der Waals surface area contributed by atoms with Crippen molar-refractivity contribution in [2.75, 3.05) is 6.54 Å². The zero-order chi connectivity index (χ0) is 11.1. The van der Waals surface area contributed by atoms with Crippen molar-refractivity contribution in [1.29, 1.82) is 0 Å². The van der Waals surface area contributed by atoms with Gasteiger partial charge in [0, 0.05) is 6.54 Å². The van der Waals surface area contributed by atoms with Crippen LogP contribution in [0.2, 0.25) is 0 Å². The summed E-state index contributed by atoms with van der Waals surface area (Å²) in [4.78, 5) is 11.3. The summed E-state index contributed by atoms with van der Waals surface area (Å²) in [7, 11) is 0. The Balaban J connectivity index is 2.31. The molecule has 0 saturated heterocycles. The Hall–Kier alpha value is -0.870. The first-order valence-corrected chi connectivity index (χ1v) is 6.14. The Morgan fingerprint density at radius 2 is 2.33 bits per heavy atom. The number of hydrogen-bond donors (Lipinski definition) is 2. The lowest BCUT2D eigenvalue weighted by atomic mass is 10.2. The number of carboxylic acid groups (broad SMARTS) is 1. The van der Waals surface area contributed by atoms with Crippen LogP contribution in [0.1, 0.15) is 41.4 Å². The van der Waals surface area contributed by atoms with Gasteiger partial charge < -0.3 is 10.4 Å². The molecule has 3 nitrogen and oxygen atoms in total. The van der Waals surface area contributed by atoms with E-state index in [2.05, 4.69) is 12.2 Å². The highest BCUT2D eigenvalue weighted by Gasteiger charge is 2.10. The van der Waals surface area contributed by atoms with Gasteiger partial charge in [-0.3, -0.25) is 0 Å². The lowest BCUT2D eigenvalue weighted by Gasteiger charge is -2.03. The average Bonchev–Trinajstić information content (AvgIpc) is 2.66. The van der Waals surface area contributed by atoms with E-state index in [4.69, 9.17) is 5.11 Å². The lowest BCUT2D eigenvalue weighted by molar-refractivity contribution is 0.0701. The van der Waals surface area contributed by atoms with Crippen LogP contribution in [0.4, 0.5) is 0 Å². The Morgan fingerprint density at radius 3 is 3.00 bits per heavy atom. The summed E-state index contributed by atoms with van der Waals surface area (Å²) < 4.78 is 0. The highest BCUT2D eigenvalue weighted by Crippen LogP contribution is 2.16. The van der Waals surface area contributed by atoms with E-state index in [-0.39, 0.29) is 0 Å². The van der Waals surface area contributed by atoms with E-state index >= 15 is 0 Å². The number of nitrogens with one attached hydrogen (secondary N) is 1. The van der Waals surface area contributed by atoms with Crippen LogP contribution in [0.15, 0.2) is 11.4 Å². The van der Waals surface area contributed by atoms with Crippen molar-refractivity contribution in [1.82, 2.24) is 5.32 Å². The van der Waals surface area contributed by atoms with Gasteiger partial charge in [-0.2, -0.15) is 0 Å². The van der Waals surface area contributed by atoms with Crippen molar-refractivity contribution >= 4 is 17.3 Å². The molecule has 0 aliphatic carbocycles. The summed E-state index contributed by atoms with van der Waals surface area (Å²) in [5, 5.41) is 14.0. The summed E-state index contributed by atoms with van der Waals surface area (Å²) in [6.45, 7) is 3.79. The molecule has 0 aliphatic rings. The van der Waals surface area contributed by atoms with Crippen molar-refractivity contribution in [3.63, 3.8) is 0 Å². The van der Waals surface area contributed by atoms with Gasteiger partial charge in [-0.15, -0.1) is 11.3 Å². The van der Waals surface area contributed by atoms with Crippen molar-refractivity contribution in [3.05, 3.63) is 21.9 Å². The third-order valence-corrected chi connectivity index (χ3v) is 3.16. The number of hydrogen-bond acceptors (Lipinski definition) is 3. The van der Waals surface area contributed by atoms with Gasteiger partial charge >= 0.3 is 5.97 Å². The van der Waals surface area contributed by atoms with Crippen LogP contribution in [0.5, 0.6) is 0 Å². The number of rotatable bonds is 7. The van der Waals surface area contributed by atoms with Crippen LogP contribution in [0.25, 0.3) is 0 Å². The molecule has 84 valence electrons. The zero-order valence-corrected chi connectivity index (χ0v) is 9.77. The van der Waals surface area contributed by atoms with Crippen LogP contribution < -0.4 is 5.32 Å². The van der Waals surface area contributed by atoms with Crippen molar-refractivity contribution < 1.29 is 9.90 Å². The van der Waals surface area contributed by atoms with E-state index < -0.39 is 5.97 Å². The topological polar surface area (TPSA) is 49.3 Å². The maximum atomic E-state index is 10.8. The van der Waals surface area contributed by atoms with Crippen LogP contribution in [-0.4, -0.2) is 17.6 Å². The second-order valence-electron chi connectivity index (χ2n) is 3.46. The van der Waals surface area contributed by atoms with Crippen molar-refractivity contribution in [2.45, 2.75) is 32.7 Å². The highest BCUT2D eigenvalue weighted by atomic mass is 32.1. The van der Waals surface area contributed by atoms with Crippen LogP contribution in [0.3, 0.4) is 0 Å². The van der Waals surface area contributed by atoms with E-state index in [9.17, 15) is 4.79 Å². The second-order valence-corrected chi connectivity index (χ2v) is 4.38. The summed E-state index contributed by atoms with van der Waals surface area (Å²) in [6, 6.07) is 1.88. The minimum atomic E-state index is -0.824. The van der Waals surface area contributed by atoms with Gasteiger partial charge in [-0.1, -0.05) is 19.8 Å². The number of unbranched alkanes of at least 4 members (excludes halogenated alkanes) is 2. The van der Waals surface area contributed by atoms with Gasteiger partial charge in [0.15, 0.2) is 0 Å². The minimum absolute atomic E-state index is 0.456. The maximum Gasteiger partial charge on any atom is 0.346 e. The molecular formula is C11H17NO2S. The number of aromatic carboxylic acids is 1. The lowest BCUT2D eigenvalue weighted by Crippen LogP contribution is -2.15. The predicted molar refractivity (Wildman–Crippen MR) is 62.5 cm³/mol. The largest absolute Gasteiger partial charge is 0.477 e. The normalized spacial score (nSPS) is 10.5. The summed E-state index contributed by atoms with van der Waals surface area (Å²) in [5.74, 6) is -0.824. The SMILES string of the molecule is CCCCCNCc1ccsc1C(=O)O. The molecule has 1 rings (SSSR count). The molecule has 1 aromatic rings. The molecule has 0 aliphatic heterocycles. The summed E-state index contributed by atoms with van der Waals surface area (Å²) in [6.07, 6.45) is 3.59. The molecule has 0 unspecified atom stereocenters. The highest BCUT2D eigenvalue weighted by molar-refractivity contribution is 7.12. The molecule has 1 aromatic heterocycles. The molecule has 0 spiro atoms. The summed E-state index contributed by atoms with van der Waals surface area (Å²) in [5.41, 5.74) is 0.893. The Morgan fingerprint density at radius 1 is 1.53 bits per heavy atom. The Labute approximate surface area is 94.1 Å². The van der Waals surface area contributed by atoms with Crippen molar-refractivity contribution in [3.8, 4) is 0 Å². The Kier molecular flexibility index (Phi) is 5.36. The van der Waals surface area contributed by atoms with E-state index in [1.54, 1.807) is 0 Å². The molecule has 0 atom stereocenters. The van der Waals surface area contributed by atoms with Gasteiger partial charge in [0.1, 0.15) is 4.88 Å². The van der Waals surface area contributed by atoms with Gasteiger partial charge in [0.2, 0.25) is 0 Å². The standard InChI is InChI=1S/C11H17NO2S/c1-2-3-4-6-12-8-9-5-7-15-10(9)11(13)14/h5,7,12H,2-4,6,8H2,1H3,(H,13,14). The smallest absolute Gasteiger partial charge is 0.346 e. The molecule has 0 aromatic carbocycles. The first-order chi connectivity index (χ1) is 7.25. The van der Waals surface area contributed by atoms with E-state index in [0.717, 1.165) is 18.5 Å². The Bertz CT molecular complexity index is 309. The fraction of sp³-hybridized carbons (Fsp3) is 0.545. The first kappa shape index (κ1) is 12.2. The van der Waals surface area contributed by atoms with Gasteiger partial charge in [-0.25, -0.2) is 4.79 Å². The molecule has 4 heteroatoms. The van der Waals surface area contributed by atoms with E-state index in [0.29, 0.717) is 11.4 Å². The van der Waals surface area contributed by atoms with E-state index in [1.165, 1.54) is 24.2 Å². The van der Waals surface area contributed by atoms with Gasteiger partial charge in [0.25, 0.3) is 0 Å². The molecule has 0 bridgehead atoms. The molecule has 2 N–H and O–H groups in total. The fourth-order valence-corrected chi connectivity index (χ4v) is 2.15. The molecule has 0 fully saturated rings. The van der Waals surface area contributed by atoms with Crippen molar-refractivity contribution in [2.24, 2.45) is 0 Å². The minimum Gasteiger partial charge on any atom is -0.477 e.